The summed E-state index contributed by atoms with van der Waals surface area (Å²) in [5.41, 5.74) is 2.33. The van der Waals surface area contributed by atoms with Crippen molar-refractivity contribution in [1.82, 2.24) is 0 Å². The molecule has 0 radical (unpaired) electrons. The fourth-order valence-corrected chi connectivity index (χ4v) is 3.48. The summed E-state index contributed by atoms with van der Waals surface area (Å²) < 4.78 is 0. The molecule has 0 unspecified atom stereocenters. The second kappa shape index (κ2) is 12.4. The van der Waals surface area contributed by atoms with Crippen LogP contribution < -0.4 is 0 Å². The van der Waals surface area contributed by atoms with E-state index in [1.807, 2.05) is 6.07 Å². The predicted octanol–water partition coefficient (Wildman–Crippen LogP) is 6.78. The Labute approximate surface area is 158 Å². The van der Waals surface area contributed by atoms with Crippen LogP contribution in [0.5, 0.6) is 11.5 Å². The fourth-order valence-electron chi connectivity index (χ4n) is 3.48. The molecular weight excluding hydrogens is 320 g/mol. The summed E-state index contributed by atoms with van der Waals surface area (Å²) in [5.74, 6) is 0.0473. The van der Waals surface area contributed by atoms with Crippen molar-refractivity contribution in [3.8, 4) is 11.5 Å². The molecule has 2 aromatic carbocycles. The van der Waals surface area contributed by atoms with Crippen LogP contribution >= 0.6 is 0 Å². The van der Waals surface area contributed by atoms with Gasteiger partial charge in [0.2, 0.25) is 0 Å². The van der Waals surface area contributed by atoms with Crippen LogP contribution in [0.4, 0.5) is 0 Å². The maximum absolute atomic E-state index is 9.77. The van der Waals surface area contributed by atoms with Gasteiger partial charge in [-0.05, 0) is 42.9 Å². The molecule has 2 aromatic rings. The summed E-state index contributed by atoms with van der Waals surface area (Å²) in [6.45, 7) is 0. The zero-order valence-corrected chi connectivity index (χ0v) is 16.0. The number of hydrogen-bond donors (Lipinski definition) is 2. The Morgan fingerprint density at radius 2 is 1.04 bits per heavy atom. The lowest BCUT2D eigenvalue weighted by Crippen LogP contribution is -1.88. The SMILES string of the molecule is Oc1cccc(CCCCCCCCCCCCc2ccccc2)c1O. The molecule has 2 heteroatoms. The lowest BCUT2D eigenvalue weighted by molar-refractivity contribution is 0.398. The zero-order chi connectivity index (χ0) is 18.5. The Morgan fingerprint density at radius 1 is 0.500 bits per heavy atom. The minimum absolute atomic E-state index is 0.00808. The molecule has 0 atom stereocenters. The molecule has 0 amide bonds. The summed E-state index contributed by atoms with van der Waals surface area (Å²) in [7, 11) is 0. The van der Waals surface area contributed by atoms with Gasteiger partial charge in [-0.15, -0.1) is 0 Å². The third kappa shape index (κ3) is 7.95. The minimum atomic E-state index is -0.00808. The number of aryl methyl sites for hydroxylation is 2. The number of aromatic hydroxyl groups is 2. The predicted molar refractivity (Wildman–Crippen MR) is 110 cm³/mol. The van der Waals surface area contributed by atoms with Gasteiger partial charge in [0.05, 0.1) is 0 Å². The molecule has 142 valence electrons. The van der Waals surface area contributed by atoms with E-state index in [0.29, 0.717) is 0 Å². The van der Waals surface area contributed by atoms with Gasteiger partial charge in [0, 0.05) is 0 Å². The summed E-state index contributed by atoms with van der Waals surface area (Å²) in [4.78, 5) is 0. The van der Waals surface area contributed by atoms with Crippen LogP contribution in [0.1, 0.15) is 75.3 Å². The highest BCUT2D eigenvalue weighted by molar-refractivity contribution is 5.44. The average Bonchev–Trinajstić information content (AvgIpc) is 2.66. The van der Waals surface area contributed by atoms with Gasteiger partial charge in [0.25, 0.3) is 0 Å². The van der Waals surface area contributed by atoms with Gasteiger partial charge in [-0.2, -0.15) is 0 Å². The van der Waals surface area contributed by atoms with Gasteiger partial charge in [-0.3, -0.25) is 0 Å². The third-order valence-corrected chi connectivity index (χ3v) is 5.10. The minimum Gasteiger partial charge on any atom is -0.504 e. The van der Waals surface area contributed by atoms with Crippen molar-refractivity contribution >= 4 is 0 Å². The Morgan fingerprint density at radius 3 is 1.65 bits per heavy atom. The molecule has 0 aromatic heterocycles. The van der Waals surface area contributed by atoms with E-state index in [-0.39, 0.29) is 11.5 Å². The molecule has 2 nitrogen and oxygen atoms in total. The van der Waals surface area contributed by atoms with E-state index in [1.54, 1.807) is 6.07 Å². The molecule has 26 heavy (non-hydrogen) atoms. The number of rotatable bonds is 13. The van der Waals surface area contributed by atoms with E-state index in [4.69, 9.17) is 0 Å². The molecule has 2 rings (SSSR count). The molecule has 0 heterocycles. The monoisotopic (exact) mass is 354 g/mol. The second-order valence-corrected chi connectivity index (χ2v) is 7.31. The number of phenolic OH excluding ortho intramolecular Hbond substituents is 2. The summed E-state index contributed by atoms with van der Waals surface area (Å²) in [6.07, 6.45) is 15.0. The van der Waals surface area contributed by atoms with Gasteiger partial charge in [0.15, 0.2) is 11.5 Å². The highest BCUT2D eigenvalue weighted by atomic mass is 16.3. The van der Waals surface area contributed by atoms with Crippen LogP contribution in [-0.4, -0.2) is 10.2 Å². The maximum atomic E-state index is 9.77. The van der Waals surface area contributed by atoms with Gasteiger partial charge in [-0.25, -0.2) is 0 Å². The van der Waals surface area contributed by atoms with Crippen LogP contribution in [-0.2, 0) is 12.8 Å². The lowest BCUT2D eigenvalue weighted by Gasteiger charge is -2.06. The topological polar surface area (TPSA) is 40.5 Å². The number of phenols is 2. The van der Waals surface area contributed by atoms with Crippen LogP contribution in [0.25, 0.3) is 0 Å². The standard InChI is InChI=1S/C24H34O2/c25-23-20-14-19-22(24(23)26)18-13-8-6-4-2-1-3-5-7-10-15-21-16-11-9-12-17-21/h9,11-12,14,16-17,19-20,25-26H,1-8,10,13,15,18H2. The normalized spacial score (nSPS) is 10.9. The Kier molecular flexibility index (Phi) is 9.71. The first-order valence-corrected chi connectivity index (χ1v) is 10.3. The fraction of sp³-hybridized carbons (Fsp3) is 0.500. The molecule has 0 aliphatic rings. The molecule has 0 saturated carbocycles. The van der Waals surface area contributed by atoms with Crippen LogP contribution in [0, 0.1) is 0 Å². The van der Waals surface area contributed by atoms with Gasteiger partial charge >= 0.3 is 0 Å². The van der Waals surface area contributed by atoms with Crippen molar-refractivity contribution in [2.45, 2.75) is 77.0 Å². The second-order valence-electron chi connectivity index (χ2n) is 7.31. The molecule has 0 saturated heterocycles. The largest absolute Gasteiger partial charge is 0.504 e. The van der Waals surface area contributed by atoms with E-state index in [0.717, 1.165) is 18.4 Å². The van der Waals surface area contributed by atoms with E-state index < -0.39 is 0 Å². The lowest BCUT2D eigenvalue weighted by atomic mass is 10.0. The van der Waals surface area contributed by atoms with Gasteiger partial charge < -0.3 is 10.2 Å². The van der Waals surface area contributed by atoms with Crippen LogP contribution in [0.3, 0.4) is 0 Å². The highest BCUT2D eigenvalue weighted by Gasteiger charge is 2.04. The van der Waals surface area contributed by atoms with Crippen molar-refractivity contribution in [2.75, 3.05) is 0 Å². The van der Waals surface area contributed by atoms with E-state index in [9.17, 15) is 10.2 Å². The highest BCUT2D eigenvalue weighted by Crippen LogP contribution is 2.29. The first-order chi connectivity index (χ1) is 12.8. The van der Waals surface area contributed by atoms with Crippen LogP contribution in [0.2, 0.25) is 0 Å². The Bertz CT molecular complexity index is 607. The number of para-hydroxylation sites is 1. The summed E-state index contributed by atoms with van der Waals surface area (Å²) in [6, 6.07) is 16.0. The van der Waals surface area contributed by atoms with Crippen molar-refractivity contribution in [1.29, 1.82) is 0 Å². The van der Waals surface area contributed by atoms with E-state index in [2.05, 4.69) is 30.3 Å². The quantitative estimate of drug-likeness (QED) is 0.307. The first-order valence-electron chi connectivity index (χ1n) is 10.3. The molecule has 0 bridgehead atoms. The smallest absolute Gasteiger partial charge is 0.160 e. The zero-order valence-electron chi connectivity index (χ0n) is 16.0. The van der Waals surface area contributed by atoms with Crippen molar-refractivity contribution in [3.63, 3.8) is 0 Å². The number of unbranched alkanes of at least 4 members (excludes halogenated alkanes) is 9. The molecule has 0 fully saturated rings. The molecular formula is C24H34O2. The summed E-state index contributed by atoms with van der Waals surface area (Å²) >= 11 is 0. The molecule has 0 aliphatic heterocycles. The molecule has 0 aliphatic carbocycles. The third-order valence-electron chi connectivity index (χ3n) is 5.10. The van der Waals surface area contributed by atoms with Crippen molar-refractivity contribution in [2.24, 2.45) is 0 Å². The number of benzene rings is 2. The van der Waals surface area contributed by atoms with Crippen molar-refractivity contribution in [3.05, 3.63) is 59.7 Å². The van der Waals surface area contributed by atoms with Crippen molar-refractivity contribution < 1.29 is 10.2 Å². The number of hydrogen-bond acceptors (Lipinski definition) is 2. The summed E-state index contributed by atoms with van der Waals surface area (Å²) in [5, 5.41) is 19.3. The Balaban J connectivity index is 1.37. The molecule has 2 N–H and O–H groups in total. The van der Waals surface area contributed by atoms with E-state index >= 15 is 0 Å². The van der Waals surface area contributed by atoms with Gasteiger partial charge in [-0.1, -0.05) is 93.8 Å². The van der Waals surface area contributed by atoms with Crippen LogP contribution in [0.15, 0.2) is 48.5 Å². The maximum Gasteiger partial charge on any atom is 0.160 e. The van der Waals surface area contributed by atoms with E-state index in [1.165, 1.54) is 75.8 Å². The van der Waals surface area contributed by atoms with Gasteiger partial charge in [0.1, 0.15) is 0 Å². The first kappa shape index (κ1) is 20.4. The molecule has 0 spiro atoms. The Hall–Kier alpha value is -1.96. The average molecular weight is 355 g/mol.